The minimum atomic E-state index is -0.952. The number of hydrogen-bond donors (Lipinski definition) is 1. The SMILES string of the molecule is O=C(O)c1sc(Cc2ccc(Cl)cc2Cl)nc1Cc1ccccc1. The van der Waals surface area contributed by atoms with E-state index < -0.39 is 5.97 Å². The van der Waals surface area contributed by atoms with Gasteiger partial charge in [-0.2, -0.15) is 0 Å². The second-order valence-corrected chi connectivity index (χ2v) is 7.19. The Kier molecular flexibility index (Phi) is 5.19. The fraction of sp³-hybridized carbons (Fsp3) is 0.111. The molecule has 0 unspecified atom stereocenters. The van der Waals surface area contributed by atoms with Gasteiger partial charge < -0.3 is 5.11 Å². The van der Waals surface area contributed by atoms with Crippen LogP contribution in [0.3, 0.4) is 0 Å². The molecule has 1 N–H and O–H groups in total. The molecule has 3 nitrogen and oxygen atoms in total. The molecule has 0 radical (unpaired) electrons. The highest BCUT2D eigenvalue weighted by atomic mass is 35.5. The van der Waals surface area contributed by atoms with Crippen LogP contribution in [0.15, 0.2) is 48.5 Å². The molecular weight excluding hydrogens is 365 g/mol. The smallest absolute Gasteiger partial charge is 0.347 e. The summed E-state index contributed by atoms with van der Waals surface area (Å²) in [6.07, 6.45) is 0.975. The fourth-order valence-electron chi connectivity index (χ4n) is 2.38. The van der Waals surface area contributed by atoms with Gasteiger partial charge in [-0.25, -0.2) is 9.78 Å². The van der Waals surface area contributed by atoms with Gasteiger partial charge in [0.2, 0.25) is 0 Å². The molecule has 0 saturated carbocycles. The van der Waals surface area contributed by atoms with Crippen LogP contribution in [-0.4, -0.2) is 16.1 Å². The molecule has 0 aliphatic carbocycles. The predicted octanol–water partition coefficient (Wildman–Crippen LogP) is 5.33. The molecule has 0 aliphatic heterocycles. The molecule has 24 heavy (non-hydrogen) atoms. The summed E-state index contributed by atoms with van der Waals surface area (Å²) in [4.78, 5) is 16.3. The van der Waals surface area contributed by atoms with Crippen LogP contribution < -0.4 is 0 Å². The van der Waals surface area contributed by atoms with E-state index in [1.165, 1.54) is 11.3 Å². The topological polar surface area (TPSA) is 50.2 Å². The van der Waals surface area contributed by atoms with Crippen molar-refractivity contribution < 1.29 is 9.90 Å². The van der Waals surface area contributed by atoms with Gasteiger partial charge in [-0.15, -0.1) is 11.3 Å². The summed E-state index contributed by atoms with van der Waals surface area (Å²) in [6.45, 7) is 0. The minimum absolute atomic E-state index is 0.277. The maximum Gasteiger partial charge on any atom is 0.347 e. The number of rotatable bonds is 5. The van der Waals surface area contributed by atoms with Gasteiger partial charge in [-0.1, -0.05) is 59.6 Å². The van der Waals surface area contributed by atoms with Crippen LogP contribution in [0.4, 0.5) is 0 Å². The van der Waals surface area contributed by atoms with Crippen LogP contribution in [0.2, 0.25) is 10.0 Å². The molecule has 0 aliphatic rings. The molecule has 0 atom stereocenters. The summed E-state index contributed by atoms with van der Waals surface area (Å²) < 4.78 is 0. The molecule has 1 heterocycles. The van der Waals surface area contributed by atoms with Gasteiger partial charge in [0, 0.05) is 22.9 Å². The highest BCUT2D eigenvalue weighted by Gasteiger charge is 2.18. The summed E-state index contributed by atoms with van der Waals surface area (Å²) in [5, 5.41) is 11.3. The Morgan fingerprint density at radius 3 is 2.50 bits per heavy atom. The number of carboxylic acids is 1. The zero-order valence-corrected chi connectivity index (χ0v) is 14.8. The standard InChI is InChI=1S/C18H13Cl2NO2S/c19-13-7-6-12(14(20)10-13)9-16-21-15(17(24-16)18(22)23)8-11-4-2-1-3-5-11/h1-7,10H,8-9H2,(H,22,23). The van der Waals surface area contributed by atoms with Gasteiger partial charge in [0.25, 0.3) is 0 Å². The molecule has 2 aromatic carbocycles. The average Bonchev–Trinajstić information content (AvgIpc) is 2.94. The largest absolute Gasteiger partial charge is 0.477 e. The van der Waals surface area contributed by atoms with Crippen molar-refractivity contribution in [2.75, 3.05) is 0 Å². The number of nitrogens with zero attached hydrogens (tertiary/aromatic N) is 1. The zero-order chi connectivity index (χ0) is 17.1. The van der Waals surface area contributed by atoms with Gasteiger partial charge >= 0.3 is 5.97 Å². The number of aromatic carboxylic acids is 1. The van der Waals surface area contributed by atoms with E-state index in [2.05, 4.69) is 4.98 Å². The Balaban J connectivity index is 1.89. The quantitative estimate of drug-likeness (QED) is 0.653. The molecule has 6 heteroatoms. The lowest BCUT2D eigenvalue weighted by molar-refractivity contribution is 0.0701. The number of halogens is 2. The molecular formula is C18H13Cl2NO2S. The Morgan fingerprint density at radius 2 is 1.83 bits per heavy atom. The van der Waals surface area contributed by atoms with E-state index in [1.807, 2.05) is 36.4 Å². The van der Waals surface area contributed by atoms with Crippen molar-refractivity contribution in [3.05, 3.63) is 85.3 Å². The summed E-state index contributed by atoms with van der Waals surface area (Å²) in [7, 11) is 0. The Bertz CT molecular complexity index is 878. The molecule has 1 aromatic heterocycles. The van der Waals surface area contributed by atoms with Crippen LogP contribution in [0, 0.1) is 0 Å². The van der Waals surface area contributed by atoms with Crippen LogP contribution in [0.25, 0.3) is 0 Å². The lowest BCUT2D eigenvalue weighted by Crippen LogP contribution is -2.00. The third-order valence-corrected chi connectivity index (χ3v) is 5.18. The normalized spacial score (nSPS) is 10.8. The fourth-order valence-corrected chi connectivity index (χ4v) is 3.80. The van der Waals surface area contributed by atoms with Crippen LogP contribution in [0.5, 0.6) is 0 Å². The monoisotopic (exact) mass is 377 g/mol. The third kappa shape index (κ3) is 3.96. The Labute approximate surface area is 153 Å². The van der Waals surface area contributed by atoms with E-state index in [1.54, 1.807) is 12.1 Å². The van der Waals surface area contributed by atoms with Crippen molar-refractivity contribution in [1.29, 1.82) is 0 Å². The second-order valence-electron chi connectivity index (χ2n) is 5.26. The number of aromatic nitrogens is 1. The average molecular weight is 378 g/mol. The third-order valence-electron chi connectivity index (χ3n) is 3.51. The van der Waals surface area contributed by atoms with Crippen molar-refractivity contribution in [1.82, 2.24) is 4.98 Å². The highest BCUT2D eigenvalue weighted by molar-refractivity contribution is 7.13. The van der Waals surface area contributed by atoms with Crippen LogP contribution in [0.1, 0.15) is 31.5 Å². The van der Waals surface area contributed by atoms with Crippen LogP contribution >= 0.6 is 34.5 Å². The summed E-state index contributed by atoms with van der Waals surface area (Å²) >= 11 is 13.3. The number of carbonyl (C=O) groups is 1. The number of hydrogen-bond acceptors (Lipinski definition) is 3. The van der Waals surface area contributed by atoms with Gasteiger partial charge in [0.05, 0.1) is 10.7 Å². The molecule has 0 saturated heterocycles. The Hall–Kier alpha value is -1.88. The van der Waals surface area contributed by atoms with E-state index in [4.69, 9.17) is 23.2 Å². The van der Waals surface area contributed by atoms with Gasteiger partial charge in [0.1, 0.15) is 4.88 Å². The van der Waals surface area contributed by atoms with E-state index in [-0.39, 0.29) is 4.88 Å². The highest BCUT2D eigenvalue weighted by Crippen LogP contribution is 2.27. The number of benzene rings is 2. The van der Waals surface area contributed by atoms with Crippen molar-refractivity contribution in [2.45, 2.75) is 12.8 Å². The molecule has 122 valence electrons. The molecule has 0 fully saturated rings. The number of thiazole rings is 1. The Morgan fingerprint density at radius 1 is 1.08 bits per heavy atom. The minimum Gasteiger partial charge on any atom is -0.477 e. The molecule has 0 spiro atoms. The first-order valence-corrected chi connectivity index (χ1v) is 8.80. The maximum atomic E-state index is 11.5. The number of carboxylic acid groups (broad SMARTS) is 1. The van der Waals surface area contributed by atoms with Crippen molar-refractivity contribution in [3.8, 4) is 0 Å². The van der Waals surface area contributed by atoms with Gasteiger partial charge in [-0.05, 0) is 23.3 Å². The van der Waals surface area contributed by atoms with E-state index in [0.29, 0.717) is 28.6 Å². The predicted molar refractivity (Wildman–Crippen MR) is 97.6 cm³/mol. The molecule has 3 rings (SSSR count). The van der Waals surface area contributed by atoms with Gasteiger partial charge in [-0.3, -0.25) is 0 Å². The zero-order valence-electron chi connectivity index (χ0n) is 12.5. The second kappa shape index (κ2) is 7.34. The van der Waals surface area contributed by atoms with Crippen molar-refractivity contribution in [2.24, 2.45) is 0 Å². The van der Waals surface area contributed by atoms with Crippen molar-refractivity contribution in [3.63, 3.8) is 0 Å². The lowest BCUT2D eigenvalue weighted by atomic mass is 10.1. The lowest BCUT2D eigenvalue weighted by Gasteiger charge is -2.02. The summed E-state index contributed by atoms with van der Waals surface area (Å²) in [5.74, 6) is -0.952. The van der Waals surface area contributed by atoms with Crippen molar-refractivity contribution >= 4 is 40.5 Å². The molecule has 3 aromatic rings. The van der Waals surface area contributed by atoms with Gasteiger partial charge in [0.15, 0.2) is 0 Å². The van der Waals surface area contributed by atoms with E-state index in [0.717, 1.165) is 16.1 Å². The molecule has 0 amide bonds. The molecule has 0 bridgehead atoms. The van der Waals surface area contributed by atoms with E-state index in [9.17, 15) is 9.90 Å². The summed E-state index contributed by atoms with van der Waals surface area (Å²) in [6, 6.07) is 15.0. The first kappa shape index (κ1) is 17.0. The summed E-state index contributed by atoms with van der Waals surface area (Å²) in [5.41, 5.74) is 2.48. The van der Waals surface area contributed by atoms with E-state index >= 15 is 0 Å². The first-order chi connectivity index (χ1) is 11.5. The van der Waals surface area contributed by atoms with Crippen LogP contribution in [-0.2, 0) is 12.8 Å². The maximum absolute atomic E-state index is 11.5. The first-order valence-electron chi connectivity index (χ1n) is 7.22.